The van der Waals surface area contributed by atoms with E-state index in [-0.39, 0.29) is 12.2 Å². The average Bonchev–Trinajstić information content (AvgIpc) is 2.32. The first-order chi connectivity index (χ1) is 5.27. The molecule has 11 heavy (non-hydrogen) atoms. The molecule has 1 fully saturated rings. The number of hydrogen-bond acceptors (Lipinski definition) is 4. The number of hydrogen-bond donors (Lipinski definition) is 1. The zero-order chi connectivity index (χ0) is 8.27. The third kappa shape index (κ3) is 2.13. The molecule has 0 saturated carbocycles. The van der Waals surface area contributed by atoms with Crippen LogP contribution in [0, 0.1) is 0 Å². The van der Waals surface area contributed by atoms with Crippen LogP contribution in [0.15, 0.2) is 0 Å². The SMILES string of the molecule is COC[C@H]1OC(O)C[C@@H]1OC. The molecule has 0 aliphatic carbocycles. The Bertz CT molecular complexity index is 117. The molecule has 0 radical (unpaired) electrons. The second-order valence-corrected chi connectivity index (χ2v) is 2.59. The minimum Gasteiger partial charge on any atom is -0.382 e. The maximum absolute atomic E-state index is 9.07. The van der Waals surface area contributed by atoms with Crippen molar-refractivity contribution in [3.63, 3.8) is 0 Å². The van der Waals surface area contributed by atoms with Crippen LogP contribution in [0.2, 0.25) is 0 Å². The average molecular weight is 162 g/mol. The number of methoxy groups -OCH3 is 2. The Kier molecular flexibility index (Phi) is 3.26. The lowest BCUT2D eigenvalue weighted by atomic mass is 10.2. The number of aliphatic hydroxyl groups excluding tert-OH is 1. The topological polar surface area (TPSA) is 47.9 Å². The summed E-state index contributed by atoms with van der Waals surface area (Å²) in [7, 11) is 3.20. The minimum atomic E-state index is -0.694. The zero-order valence-electron chi connectivity index (χ0n) is 6.82. The lowest BCUT2D eigenvalue weighted by Crippen LogP contribution is -2.27. The highest BCUT2D eigenvalue weighted by molar-refractivity contribution is 4.78. The summed E-state index contributed by atoms with van der Waals surface area (Å²) in [6.07, 6.45) is -0.324. The van der Waals surface area contributed by atoms with E-state index in [1.807, 2.05) is 0 Å². The molecule has 0 aromatic carbocycles. The van der Waals surface area contributed by atoms with Crippen molar-refractivity contribution in [1.82, 2.24) is 0 Å². The Morgan fingerprint density at radius 1 is 1.55 bits per heavy atom. The van der Waals surface area contributed by atoms with Gasteiger partial charge in [-0.25, -0.2) is 0 Å². The highest BCUT2D eigenvalue weighted by atomic mass is 16.6. The van der Waals surface area contributed by atoms with E-state index in [0.717, 1.165) is 0 Å². The van der Waals surface area contributed by atoms with Gasteiger partial charge >= 0.3 is 0 Å². The summed E-state index contributed by atoms with van der Waals surface area (Å²) in [5.74, 6) is 0. The molecule has 1 N–H and O–H groups in total. The fourth-order valence-electron chi connectivity index (χ4n) is 1.25. The third-order valence-electron chi connectivity index (χ3n) is 1.81. The largest absolute Gasteiger partial charge is 0.382 e. The van der Waals surface area contributed by atoms with Crippen molar-refractivity contribution in [3.05, 3.63) is 0 Å². The van der Waals surface area contributed by atoms with Gasteiger partial charge in [0.15, 0.2) is 6.29 Å². The van der Waals surface area contributed by atoms with E-state index in [0.29, 0.717) is 13.0 Å². The maximum Gasteiger partial charge on any atom is 0.157 e. The third-order valence-corrected chi connectivity index (χ3v) is 1.81. The molecule has 3 atom stereocenters. The van der Waals surface area contributed by atoms with Crippen LogP contribution >= 0.6 is 0 Å². The highest BCUT2D eigenvalue weighted by Crippen LogP contribution is 2.20. The van der Waals surface area contributed by atoms with Crippen LogP contribution in [0.1, 0.15) is 6.42 Å². The van der Waals surface area contributed by atoms with E-state index >= 15 is 0 Å². The van der Waals surface area contributed by atoms with Crippen molar-refractivity contribution in [1.29, 1.82) is 0 Å². The molecule has 4 nitrogen and oxygen atoms in total. The van der Waals surface area contributed by atoms with Crippen LogP contribution in [-0.2, 0) is 14.2 Å². The van der Waals surface area contributed by atoms with E-state index in [1.54, 1.807) is 14.2 Å². The Balaban J connectivity index is 2.37. The summed E-state index contributed by atoms with van der Waals surface area (Å²) < 4.78 is 15.1. The molecule has 1 unspecified atom stereocenters. The molecule has 0 bridgehead atoms. The molecule has 0 spiro atoms. The smallest absolute Gasteiger partial charge is 0.157 e. The van der Waals surface area contributed by atoms with E-state index in [4.69, 9.17) is 19.3 Å². The molecule has 1 rings (SSSR count). The van der Waals surface area contributed by atoms with Gasteiger partial charge in [-0.15, -0.1) is 0 Å². The Labute approximate surface area is 66.1 Å². The molecular weight excluding hydrogens is 148 g/mol. The van der Waals surface area contributed by atoms with Crippen molar-refractivity contribution in [2.45, 2.75) is 24.9 Å². The lowest BCUT2D eigenvalue weighted by Gasteiger charge is -2.14. The summed E-state index contributed by atoms with van der Waals surface area (Å²) in [6, 6.07) is 0. The maximum atomic E-state index is 9.07. The summed E-state index contributed by atoms with van der Waals surface area (Å²) in [6.45, 7) is 0.468. The number of rotatable bonds is 3. The van der Waals surface area contributed by atoms with Gasteiger partial charge in [-0.05, 0) is 0 Å². The summed E-state index contributed by atoms with van der Waals surface area (Å²) in [4.78, 5) is 0. The fourth-order valence-corrected chi connectivity index (χ4v) is 1.25. The summed E-state index contributed by atoms with van der Waals surface area (Å²) >= 11 is 0. The molecule has 1 aliphatic heterocycles. The van der Waals surface area contributed by atoms with Gasteiger partial charge in [-0.1, -0.05) is 0 Å². The Hall–Kier alpha value is -0.160. The second kappa shape index (κ2) is 4.01. The van der Waals surface area contributed by atoms with Crippen LogP contribution in [0.4, 0.5) is 0 Å². The van der Waals surface area contributed by atoms with Gasteiger partial charge in [0, 0.05) is 20.6 Å². The van der Waals surface area contributed by atoms with Crippen LogP contribution in [0.3, 0.4) is 0 Å². The molecule has 0 aromatic rings. The predicted molar refractivity (Wildman–Crippen MR) is 38.2 cm³/mol. The molecule has 4 heteroatoms. The van der Waals surface area contributed by atoms with Gasteiger partial charge in [0.05, 0.1) is 12.7 Å². The quantitative estimate of drug-likeness (QED) is 0.622. The number of ether oxygens (including phenoxy) is 3. The fraction of sp³-hybridized carbons (Fsp3) is 1.00. The molecule has 0 aromatic heterocycles. The van der Waals surface area contributed by atoms with Crippen molar-refractivity contribution in [2.24, 2.45) is 0 Å². The monoisotopic (exact) mass is 162 g/mol. The second-order valence-electron chi connectivity index (χ2n) is 2.59. The normalized spacial score (nSPS) is 37.9. The molecule has 0 amide bonds. The van der Waals surface area contributed by atoms with Gasteiger partial charge in [-0.3, -0.25) is 0 Å². The number of aliphatic hydroxyl groups is 1. The van der Waals surface area contributed by atoms with Gasteiger partial charge in [0.2, 0.25) is 0 Å². The van der Waals surface area contributed by atoms with E-state index in [9.17, 15) is 0 Å². The Morgan fingerprint density at radius 3 is 2.82 bits per heavy atom. The standard InChI is InChI=1S/C7H14O4/c1-9-4-6-5(10-2)3-7(8)11-6/h5-8H,3-4H2,1-2H3/t5-,6+,7?/m0/s1. The van der Waals surface area contributed by atoms with Crippen molar-refractivity contribution < 1.29 is 19.3 Å². The molecule has 1 heterocycles. The minimum absolute atomic E-state index is 0.0371. The molecule has 1 saturated heterocycles. The first-order valence-electron chi connectivity index (χ1n) is 3.63. The van der Waals surface area contributed by atoms with Crippen molar-refractivity contribution >= 4 is 0 Å². The van der Waals surface area contributed by atoms with Crippen molar-refractivity contribution in [3.8, 4) is 0 Å². The van der Waals surface area contributed by atoms with Crippen LogP contribution < -0.4 is 0 Å². The first kappa shape index (κ1) is 8.93. The molecular formula is C7H14O4. The molecule has 1 aliphatic rings. The van der Waals surface area contributed by atoms with E-state index in [2.05, 4.69) is 0 Å². The van der Waals surface area contributed by atoms with Gasteiger partial charge in [0.1, 0.15) is 6.10 Å². The van der Waals surface area contributed by atoms with E-state index < -0.39 is 6.29 Å². The van der Waals surface area contributed by atoms with Gasteiger partial charge in [0.25, 0.3) is 0 Å². The van der Waals surface area contributed by atoms with Crippen LogP contribution in [0.25, 0.3) is 0 Å². The Morgan fingerprint density at radius 2 is 2.27 bits per heavy atom. The lowest BCUT2D eigenvalue weighted by molar-refractivity contribution is -0.113. The van der Waals surface area contributed by atoms with Crippen LogP contribution in [0.5, 0.6) is 0 Å². The summed E-state index contributed by atoms with van der Waals surface area (Å²) in [5, 5.41) is 9.07. The van der Waals surface area contributed by atoms with Gasteiger partial charge in [-0.2, -0.15) is 0 Å². The highest BCUT2D eigenvalue weighted by Gasteiger charge is 2.33. The van der Waals surface area contributed by atoms with Crippen molar-refractivity contribution in [2.75, 3.05) is 20.8 Å². The first-order valence-corrected chi connectivity index (χ1v) is 3.63. The van der Waals surface area contributed by atoms with Gasteiger partial charge < -0.3 is 19.3 Å². The molecule has 66 valence electrons. The van der Waals surface area contributed by atoms with E-state index in [1.165, 1.54) is 0 Å². The summed E-state index contributed by atoms with van der Waals surface area (Å²) in [5.41, 5.74) is 0. The predicted octanol–water partition coefficient (Wildman–Crippen LogP) is -0.245. The van der Waals surface area contributed by atoms with Crippen LogP contribution in [-0.4, -0.2) is 44.4 Å². The zero-order valence-corrected chi connectivity index (χ0v) is 6.82.